The number of rotatable bonds is 11. The van der Waals surface area contributed by atoms with Gasteiger partial charge in [0.05, 0.1) is 23.8 Å². The van der Waals surface area contributed by atoms with Crippen molar-refractivity contribution < 1.29 is 40.2 Å². The van der Waals surface area contributed by atoms with E-state index >= 15 is 0 Å². The van der Waals surface area contributed by atoms with Crippen molar-refractivity contribution in [2.24, 2.45) is 5.92 Å². The van der Waals surface area contributed by atoms with Crippen molar-refractivity contribution in [2.75, 3.05) is 13.0 Å². The van der Waals surface area contributed by atoms with Gasteiger partial charge in [-0.05, 0) is 72.8 Å². The van der Waals surface area contributed by atoms with Crippen LogP contribution in [0.5, 0.6) is 0 Å². The minimum atomic E-state index is -5.07. The number of alkyl halides is 1. The molecule has 0 saturated heterocycles. The van der Waals surface area contributed by atoms with E-state index in [1.165, 1.54) is 46.8 Å². The van der Waals surface area contributed by atoms with E-state index in [2.05, 4.69) is 31.9 Å². The zero-order chi connectivity index (χ0) is 37.2. The van der Waals surface area contributed by atoms with E-state index in [9.17, 15) is 24.8 Å². The van der Waals surface area contributed by atoms with Crippen LogP contribution in [0.2, 0.25) is 0 Å². The largest absolute Gasteiger partial charge is 0.465 e. The lowest BCUT2D eigenvalue weighted by atomic mass is 9.94. The lowest BCUT2D eigenvalue weighted by Crippen LogP contribution is -2.58. The molecule has 0 fully saturated rings. The molecule has 3 aromatic rings. The van der Waals surface area contributed by atoms with Crippen LogP contribution in [0.1, 0.15) is 58.1 Å². The SMILES string of the molecule is [2H]c1ccc(C([2H])([2H])[C@]([2H])(N(C(=O)O)C(C)(C)C)[C@]([2H])(O)C([2H])([2H])N(CC(C)C)S(=O)(=O)c2ccc3oc(Br)c(CBr)c3c2)c([2H])c1[2H]. The number of halogens is 2. The van der Waals surface area contributed by atoms with Crippen molar-refractivity contribution in [3.63, 3.8) is 0 Å². The Balaban J connectivity index is 2.45. The second kappa shape index (κ2) is 12.7. The standard InChI is InChI=1S/C28H36Br2N2O6S/c1-18(2)16-31(39(36,37)20-11-12-25-21(14-20)22(15-29)26(30)38-25)17-24(33)23(13-19-9-7-6-8-10-19)32(27(34)35)28(3,4)5/h6-12,14,18,23-24,33H,13,15-17H2,1-5H3,(H,34,35)/t23-,24+/m0/s1/i6D,7D,9D,13D2,17D2,23D,24D. The molecule has 214 valence electrons. The number of sulfonamides is 1. The molecule has 0 bridgehead atoms. The van der Waals surface area contributed by atoms with Crippen molar-refractivity contribution in [1.82, 2.24) is 9.21 Å². The van der Waals surface area contributed by atoms with Crippen molar-refractivity contribution in [3.8, 4) is 0 Å². The number of nitrogens with zero attached hydrogens (tertiary/aromatic N) is 2. The molecule has 1 amide bonds. The Bertz CT molecular complexity index is 1830. The van der Waals surface area contributed by atoms with Gasteiger partial charge in [-0.2, -0.15) is 4.31 Å². The molecule has 3 rings (SSSR count). The monoisotopic (exact) mass is 695 g/mol. The van der Waals surface area contributed by atoms with Gasteiger partial charge < -0.3 is 14.6 Å². The van der Waals surface area contributed by atoms with E-state index in [4.69, 9.17) is 15.4 Å². The number of aliphatic hydroxyl groups is 1. The Kier molecular flexibility index (Phi) is 6.81. The molecule has 1 heterocycles. The highest BCUT2D eigenvalue weighted by Crippen LogP contribution is 2.34. The first kappa shape index (κ1) is 20.9. The Morgan fingerprint density at radius 1 is 1.26 bits per heavy atom. The molecule has 0 aliphatic rings. The van der Waals surface area contributed by atoms with Gasteiger partial charge in [0.2, 0.25) is 10.0 Å². The smallest absolute Gasteiger partial charge is 0.408 e. The first-order valence-electron chi connectivity index (χ1n) is 16.3. The van der Waals surface area contributed by atoms with Crippen LogP contribution in [0.4, 0.5) is 4.79 Å². The van der Waals surface area contributed by atoms with Crippen LogP contribution in [0, 0.1) is 5.92 Å². The molecular formula is C28H36Br2N2O6S. The minimum Gasteiger partial charge on any atom is -0.465 e. The number of carbonyl (C=O) groups is 1. The van der Waals surface area contributed by atoms with E-state index < -0.39 is 87.7 Å². The molecule has 11 heteroatoms. The van der Waals surface area contributed by atoms with Gasteiger partial charge in [-0.1, -0.05) is 60.0 Å². The van der Waals surface area contributed by atoms with Gasteiger partial charge in [0.1, 0.15) is 5.58 Å². The fraction of sp³-hybridized carbons (Fsp3) is 0.464. The van der Waals surface area contributed by atoms with E-state index in [1.54, 1.807) is 0 Å². The second-order valence-electron chi connectivity index (χ2n) is 9.94. The van der Waals surface area contributed by atoms with Gasteiger partial charge >= 0.3 is 6.09 Å². The average Bonchev–Trinajstić information content (AvgIpc) is 3.26. The quantitative estimate of drug-likeness (QED) is 0.222. The van der Waals surface area contributed by atoms with E-state index in [0.29, 0.717) is 15.6 Å². The summed E-state index contributed by atoms with van der Waals surface area (Å²) in [5.41, 5.74) is -1.95. The van der Waals surface area contributed by atoms with Crippen LogP contribution in [-0.4, -0.2) is 64.6 Å². The Hall–Kier alpha value is -1.92. The molecule has 8 nitrogen and oxygen atoms in total. The maximum absolute atomic E-state index is 14.4. The predicted octanol–water partition coefficient (Wildman–Crippen LogP) is 6.49. The number of carboxylic acid groups (broad SMARTS) is 1. The summed E-state index contributed by atoms with van der Waals surface area (Å²) in [5.74, 6) is -0.680. The van der Waals surface area contributed by atoms with Gasteiger partial charge in [0.15, 0.2) is 4.67 Å². The minimum absolute atomic E-state index is 0.00000109. The van der Waals surface area contributed by atoms with Crippen LogP contribution < -0.4 is 0 Å². The highest BCUT2D eigenvalue weighted by Gasteiger charge is 2.39. The summed E-state index contributed by atoms with van der Waals surface area (Å²) in [6.07, 6.45) is -10.1. The first-order chi connectivity index (χ1) is 21.6. The third-order valence-electron chi connectivity index (χ3n) is 5.36. The van der Waals surface area contributed by atoms with Crippen molar-refractivity contribution >= 4 is 58.9 Å². The molecule has 0 aliphatic carbocycles. The summed E-state index contributed by atoms with van der Waals surface area (Å²) in [7, 11) is -5.07. The lowest BCUT2D eigenvalue weighted by molar-refractivity contribution is 0.000541. The van der Waals surface area contributed by atoms with Crippen LogP contribution in [0.25, 0.3) is 11.0 Å². The van der Waals surface area contributed by atoms with E-state index in [1.807, 2.05) is 0 Å². The van der Waals surface area contributed by atoms with Gasteiger partial charge in [-0.15, -0.1) is 0 Å². The fourth-order valence-corrected chi connectivity index (χ4v) is 6.59. The third kappa shape index (κ3) is 7.43. The topological polar surface area (TPSA) is 111 Å². The number of hydrogen-bond donors (Lipinski definition) is 2. The molecule has 0 spiro atoms. The van der Waals surface area contributed by atoms with Crippen LogP contribution in [0.15, 0.2) is 62.4 Å². The summed E-state index contributed by atoms with van der Waals surface area (Å²) in [4.78, 5) is 12.4. The Morgan fingerprint density at radius 3 is 2.54 bits per heavy atom. The number of benzene rings is 2. The van der Waals surface area contributed by atoms with E-state index in [0.717, 1.165) is 18.2 Å². The molecule has 0 saturated carbocycles. The van der Waals surface area contributed by atoms with Gasteiger partial charge in [0, 0.05) is 40.3 Å². The molecule has 1 aromatic heterocycles. The summed E-state index contributed by atoms with van der Waals surface area (Å²) in [6.45, 7) is 1.92. The van der Waals surface area contributed by atoms with Crippen molar-refractivity contribution in [2.45, 2.75) is 68.9 Å². The van der Waals surface area contributed by atoms with Gasteiger partial charge in [0.25, 0.3) is 0 Å². The fourth-order valence-electron chi connectivity index (χ4n) is 3.67. The van der Waals surface area contributed by atoms with Gasteiger partial charge in [-0.3, -0.25) is 4.90 Å². The average molecular weight is 698 g/mol. The van der Waals surface area contributed by atoms with Crippen LogP contribution in [0.3, 0.4) is 0 Å². The molecule has 0 unspecified atom stereocenters. The molecule has 0 aliphatic heterocycles. The molecule has 2 aromatic carbocycles. The maximum atomic E-state index is 14.4. The lowest BCUT2D eigenvalue weighted by Gasteiger charge is -2.42. The molecule has 2 N–H and O–H groups in total. The molecular weight excluding hydrogens is 652 g/mol. The molecule has 2 atom stereocenters. The zero-order valence-corrected chi connectivity index (χ0v) is 26.0. The first-order valence-corrected chi connectivity index (χ1v) is 15.1. The zero-order valence-electron chi connectivity index (χ0n) is 31.0. The predicted molar refractivity (Wildman–Crippen MR) is 160 cm³/mol. The Morgan fingerprint density at radius 2 is 1.95 bits per heavy atom. The third-order valence-corrected chi connectivity index (χ3v) is 8.23. The summed E-state index contributed by atoms with van der Waals surface area (Å²) < 4.78 is 114. The Labute approximate surface area is 259 Å². The highest BCUT2D eigenvalue weighted by molar-refractivity contribution is 9.10. The van der Waals surface area contributed by atoms with E-state index in [-0.39, 0.29) is 20.1 Å². The summed E-state index contributed by atoms with van der Waals surface area (Å²) >= 11 is 6.56. The molecule has 0 radical (unpaired) electrons. The number of fused-ring (bicyclic) bond motifs is 1. The second-order valence-corrected chi connectivity index (χ2v) is 13.1. The van der Waals surface area contributed by atoms with Crippen molar-refractivity contribution in [1.29, 1.82) is 0 Å². The number of furan rings is 1. The van der Waals surface area contributed by atoms with Crippen LogP contribution >= 0.6 is 31.9 Å². The van der Waals surface area contributed by atoms with Gasteiger partial charge in [-0.25, -0.2) is 13.2 Å². The summed E-state index contributed by atoms with van der Waals surface area (Å²) in [5, 5.41) is 23.0. The van der Waals surface area contributed by atoms with Crippen molar-refractivity contribution in [3.05, 3.63) is 64.3 Å². The molecule has 39 heavy (non-hydrogen) atoms. The maximum Gasteiger partial charge on any atom is 0.408 e. The van der Waals surface area contributed by atoms with Crippen LogP contribution in [-0.2, 0) is 21.7 Å². The highest BCUT2D eigenvalue weighted by atomic mass is 79.9. The number of hydrogen-bond acceptors (Lipinski definition) is 5. The summed E-state index contributed by atoms with van der Waals surface area (Å²) in [6, 6.07) is -0.985. The normalized spacial score (nSPS) is 19.9. The number of amides is 1.